The molecule has 0 aliphatic carbocycles. The highest BCUT2D eigenvalue weighted by Gasteiger charge is 2.51. The fourth-order valence-electron chi connectivity index (χ4n) is 3.32. The van der Waals surface area contributed by atoms with Gasteiger partial charge in [0, 0.05) is 16.6 Å². The highest BCUT2D eigenvalue weighted by Crippen LogP contribution is 2.43. The van der Waals surface area contributed by atoms with Gasteiger partial charge >= 0.3 is 7.12 Å². The topological polar surface area (TPSA) is 18.5 Å². The molecular formula is C20H23BO2S. The van der Waals surface area contributed by atoms with Crippen molar-refractivity contribution in [1.82, 2.24) is 0 Å². The van der Waals surface area contributed by atoms with Gasteiger partial charge in [0.1, 0.15) is 0 Å². The van der Waals surface area contributed by atoms with Gasteiger partial charge in [0.2, 0.25) is 0 Å². The Balaban J connectivity index is 1.67. The first kappa shape index (κ1) is 16.3. The molecule has 2 aliphatic heterocycles. The quantitative estimate of drug-likeness (QED) is 0.764. The van der Waals surface area contributed by atoms with Crippen molar-refractivity contribution < 1.29 is 9.31 Å². The number of rotatable bonds is 2. The number of thioether (sulfide) groups is 1. The van der Waals surface area contributed by atoms with Gasteiger partial charge in [-0.3, -0.25) is 0 Å². The number of hydrogen-bond donors (Lipinski definition) is 0. The van der Waals surface area contributed by atoms with Gasteiger partial charge in [0.25, 0.3) is 0 Å². The minimum Gasteiger partial charge on any atom is -0.399 e. The first-order valence-electron chi connectivity index (χ1n) is 8.55. The van der Waals surface area contributed by atoms with Crippen LogP contribution in [-0.4, -0.2) is 24.1 Å². The molecule has 4 heteroatoms. The molecule has 1 atom stereocenters. The molecule has 2 aromatic carbocycles. The van der Waals surface area contributed by atoms with E-state index < -0.39 is 0 Å². The molecule has 24 heavy (non-hydrogen) atoms. The second kappa shape index (κ2) is 5.65. The van der Waals surface area contributed by atoms with Crippen molar-refractivity contribution in [3.8, 4) is 0 Å². The lowest BCUT2D eigenvalue weighted by Gasteiger charge is -2.32. The summed E-state index contributed by atoms with van der Waals surface area (Å²) >= 11 is 1.94. The third-order valence-corrected chi connectivity index (χ3v) is 6.72. The maximum atomic E-state index is 6.22. The van der Waals surface area contributed by atoms with Crippen LogP contribution in [0, 0.1) is 0 Å². The monoisotopic (exact) mass is 338 g/mol. The summed E-state index contributed by atoms with van der Waals surface area (Å²) in [5.41, 5.74) is 3.30. The van der Waals surface area contributed by atoms with E-state index >= 15 is 0 Å². The van der Waals surface area contributed by atoms with Crippen molar-refractivity contribution in [2.24, 2.45) is 0 Å². The van der Waals surface area contributed by atoms with Crippen molar-refractivity contribution in [1.29, 1.82) is 0 Å². The van der Waals surface area contributed by atoms with Crippen LogP contribution in [0.3, 0.4) is 0 Å². The molecule has 1 saturated heterocycles. The minimum atomic E-state index is -0.301. The summed E-state index contributed by atoms with van der Waals surface area (Å²) in [6, 6.07) is 17.4. The molecule has 124 valence electrons. The first-order chi connectivity index (χ1) is 11.4. The van der Waals surface area contributed by atoms with E-state index in [0.29, 0.717) is 5.92 Å². The van der Waals surface area contributed by atoms with Crippen molar-refractivity contribution >= 4 is 24.3 Å². The number of fused-ring (bicyclic) bond motifs is 1. The van der Waals surface area contributed by atoms with Crippen LogP contribution in [0.1, 0.15) is 44.7 Å². The van der Waals surface area contributed by atoms with E-state index in [-0.39, 0.29) is 18.3 Å². The van der Waals surface area contributed by atoms with Crippen molar-refractivity contribution in [2.75, 3.05) is 5.75 Å². The van der Waals surface area contributed by atoms with Crippen LogP contribution in [0.4, 0.5) is 0 Å². The molecule has 0 spiro atoms. The molecule has 1 fully saturated rings. The van der Waals surface area contributed by atoms with E-state index in [1.54, 1.807) is 0 Å². The van der Waals surface area contributed by atoms with E-state index in [4.69, 9.17) is 9.31 Å². The third-order valence-electron chi connectivity index (χ3n) is 5.54. The Hall–Kier alpha value is -1.23. The third kappa shape index (κ3) is 2.61. The van der Waals surface area contributed by atoms with Crippen LogP contribution >= 0.6 is 11.8 Å². The van der Waals surface area contributed by atoms with Gasteiger partial charge in [-0.05, 0) is 50.4 Å². The molecule has 2 heterocycles. The molecule has 0 saturated carbocycles. The normalized spacial score (nSPS) is 24.2. The van der Waals surface area contributed by atoms with Crippen LogP contribution in [0.25, 0.3) is 0 Å². The van der Waals surface area contributed by atoms with Crippen molar-refractivity contribution in [3.63, 3.8) is 0 Å². The maximum absolute atomic E-state index is 6.22. The maximum Gasteiger partial charge on any atom is 0.494 e. The van der Waals surface area contributed by atoms with E-state index in [9.17, 15) is 0 Å². The zero-order valence-electron chi connectivity index (χ0n) is 14.7. The zero-order chi connectivity index (χ0) is 16.9. The average Bonchev–Trinajstić information content (AvgIpc) is 3.06. The SMILES string of the molecule is CC1(C)OB(c2ccc3c(c2)C(c2ccccc2)CS3)OC1(C)C. The van der Waals surface area contributed by atoms with Gasteiger partial charge < -0.3 is 9.31 Å². The Morgan fingerprint density at radius 2 is 1.62 bits per heavy atom. The predicted molar refractivity (Wildman–Crippen MR) is 101 cm³/mol. The predicted octanol–water partition coefficient (Wildman–Crippen LogP) is 4.22. The van der Waals surface area contributed by atoms with Crippen LogP contribution in [0.2, 0.25) is 0 Å². The molecule has 0 radical (unpaired) electrons. The standard InChI is InChI=1S/C20H23BO2S/c1-19(2)20(3,4)23-21(22-19)15-10-11-18-16(12-15)17(13-24-18)14-8-6-5-7-9-14/h5-12,17H,13H2,1-4H3. The van der Waals surface area contributed by atoms with Crippen LogP contribution in [0.5, 0.6) is 0 Å². The highest BCUT2D eigenvalue weighted by atomic mass is 32.2. The number of hydrogen-bond acceptors (Lipinski definition) is 3. The Morgan fingerprint density at radius 1 is 0.958 bits per heavy atom. The summed E-state index contributed by atoms with van der Waals surface area (Å²) in [4.78, 5) is 1.38. The molecule has 0 N–H and O–H groups in total. The van der Waals surface area contributed by atoms with Gasteiger partial charge in [-0.15, -0.1) is 11.8 Å². The highest BCUT2D eigenvalue weighted by molar-refractivity contribution is 7.99. The molecule has 0 amide bonds. The van der Waals surface area contributed by atoms with Gasteiger partial charge in [0.15, 0.2) is 0 Å². The summed E-state index contributed by atoms with van der Waals surface area (Å²) in [5.74, 6) is 1.56. The molecule has 2 aromatic rings. The van der Waals surface area contributed by atoms with Gasteiger partial charge in [0.05, 0.1) is 11.2 Å². The smallest absolute Gasteiger partial charge is 0.399 e. The lowest BCUT2D eigenvalue weighted by Crippen LogP contribution is -2.41. The Morgan fingerprint density at radius 3 is 2.29 bits per heavy atom. The molecule has 2 aliphatic rings. The molecular weight excluding hydrogens is 315 g/mol. The Bertz CT molecular complexity index is 741. The Kier molecular flexibility index (Phi) is 3.83. The lowest BCUT2D eigenvalue weighted by atomic mass is 9.77. The molecule has 0 bridgehead atoms. The van der Waals surface area contributed by atoms with Crippen LogP contribution in [-0.2, 0) is 9.31 Å². The fraction of sp³-hybridized carbons (Fsp3) is 0.400. The first-order valence-corrected chi connectivity index (χ1v) is 9.53. The van der Waals surface area contributed by atoms with E-state index in [0.717, 1.165) is 11.2 Å². The summed E-state index contributed by atoms with van der Waals surface area (Å²) in [5, 5.41) is 0. The van der Waals surface area contributed by atoms with E-state index in [1.165, 1.54) is 16.0 Å². The van der Waals surface area contributed by atoms with Crippen molar-refractivity contribution in [3.05, 3.63) is 59.7 Å². The second-order valence-corrected chi connectivity index (χ2v) is 8.72. The van der Waals surface area contributed by atoms with E-state index in [1.807, 2.05) is 11.8 Å². The van der Waals surface area contributed by atoms with E-state index in [2.05, 4.69) is 76.2 Å². The summed E-state index contributed by atoms with van der Waals surface area (Å²) < 4.78 is 12.4. The molecule has 2 nitrogen and oxygen atoms in total. The van der Waals surface area contributed by atoms with Crippen LogP contribution in [0.15, 0.2) is 53.4 Å². The summed E-state index contributed by atoms with van der Waals surface area (Å²) in [6.45, 7) is 8.40. The van der Waals surface area contributed by atoms with Crippen molar-refractivity contribution in [2.45, 2.75) is 49.7 Å². The fourth-order valence-corrected chi connectivity index (χ4v) is 4.57. The summed E-state index contributed by atoms with van der Waals surface area (Å²) in [7, 11) is -0.290. The minimum absolute atomic E-state index is 0.290. The van der Waals surface area contributed by atoms with Gasteiger partial charge in [-0.25, -0.2) is 0 Å². The van der Waals surface area contributed by atoms with Gasteiger partial charge in [-0.2, -0.15) is 0 Å². The largest absolute Gasteiger partial charge is 0.494 e. The Labute approximate surface area is 149 Å². The second-order valence-electron chi connectivity index (χ2n) is 7.66. The van der Waals surface area contributed by atoms with Gasteiger partial charge in [-0.1, -0.05) is 42.5 Å². The summed E-state index contributed by atoms with van der Waals surface area (Å²) in [6.07, 6.45) is 0. The number of benzene rings is 2. The van der Waals surface area contributed by atoms with Crippen LogP contribution < -0.4 is 5.46 Å². The molecule has 4 rings (SSSR count). The lowest BCUT2D eigenvalue weighted by molar-refractivity contribution is 0.00578. The average molecular weight is 338 g/mol. The molecule has 1 unspecified atom stereocenters. The zero-order valence-corrected chi connectivity index (χ0v) is 15.5. The molecule has 0 aromatic heterocycles.